The molecule has 3 N–H and O–H groups in total. The Bertz CT molecular complexity index is 604. The van der Waals surface area contributed by atoms with Crippen LogP contribution in [0.3, 0.4) is 0 Å². The predicted octanol–water partition coefficient (Wildman–Crippen LogP) is 1.34. The van der Waals surface area contributed by atoms with Gasteiger partial charge < -0.3 is 10.6 Å². The van der Waals surface area contributed by atoms with Crippen LogP contribution in [0.15, 0.2) is 29.2 Å². The third-order valence-electron chi connectivity index (χ3n) is 3.62. The van der Waals surface area contributed by atoms with Crippen molar-refractivity contribution in [3.8, 4) is 0 Å². The van der Waals surface area contributed by atoms with Crippen molar-refractivity contribution in [1.82, 2.24) is 10.0 Å². The normalized spacial score (nSPS) is 21.7. The molecule has 1 aliphatic heterocycles. The van der Waals surface area contributed by atoms with E-state index in [9.17, 15) is 13.2 Å². The van der Waals surface area contributed by atoms with Crippen molar-refractivity contribution in [2.75, 3.05) is 18.4 Å². The largest absolute Gasteiger partial charge is 0.326 e. The maximum atomic E-state index is 12.4. The molecule has 0 saturated carbocycles. The minimum atomic E-state index is -3.54. The zero-order valence-corrected chi connectivity index (χ0v) is 14.3. The summed E-state index contributed by atoms with van der Waals surface area (Å²) in [6.45, 7) is 5.02. The van der Waals surface area contributed by atoms with Gasteiger partial charge in [-0.1, -0.05) is 6.92 Å². The average Bonchev–Trinajstić information content (AvgIpc) is 2.41. The zero-order chi connectivity index (χ0) is 15.5. The Morgan fingerprint density at radius 2 is 1.91 bits per heavy atom. The molecule has 0 bridgehead atoms. The van der Waals surface area contributed by atoms with Gasteiger partial charge in [0.15, 0.2) is 0 Å². The molecule has 1 amide bonds. The van der Waals surface area contributed by atoms with E-state index < -0.39 is 10.0 Å². The number of carbonyl (C=O) groups is 1. The van der Waals surface area contributed by atoms with E-state index in [2.05, 4.69) is 15.4 Å². The van der Waals surface area contributed by atoms with Gasteiger partial charge in [0.25, 0.3) is 0 Å². The molecule has 1 aromatic carbocycles. The molecule has 0 aromatic heterocycles. The second-order valence-electron chi connectivity index (χ2n) is 5.40. The lowest BCUT2D eigenvalue weighted by atomic mass is 9.96. The van der Waals surface area contributed by atoms with Crippen LogP contribution in [0.1, 0.15) is 20.3 Å². The molecule has 1 heterocycles. The van der Waals surface area contributed by atoms with Gasteiger partial charge in [-0.25, -0.2) is 13.1 Å². The van der Waals surface area contributed by atoms with Crippen molar-refractivity contribution in [2.24, 2.45) is 5.92 Å². The van der Waals surface area contributed by atoms with Gasteiger partial charge in [0.05, 0.1) is 4.90 Å². The van der Waals surface area contributed by atoms with Crippen LogP contribution >= 0.6 is 12.4 Å². The molecule has 2 unspecified atom stereocenters. The Hall–Kier alpha value is -1.15. The third kappa shape index (κ3) is 4.95. The molecule has 6 nitrogen and oxygen atoms in total. The Balaban J connectivity index is 0.00000242. The Morgan fingerprint density at radius 3 is 2.45 bits per heavy atom. The number of halogens is 1. The Morgan fingerprint density at radius 1 is 1.27 bits per heavy atom. The van der Waals surface area contributed by atoms with Gasteiger partial charge in [-0.15, -0.1) is 12.4 Å². The maximum absolute atomic E-state index is 12.4. The summed E-state index contributed by atoms with van der Waals surface area (Å²) < 4.78 is 27.5. The lowest BCUT2D eigenvalue weighted by Crippen LogP contribution is -2.50. The van der Waals surface area contributed by atoms with E-state index in [1.807, 2.05) is 6.92 Å². The first-order valence-electron chi connectivity index (χ1n) is 6.99. The molecule has 1 aliphatic rings. The fourth-order valence-electron chi connectivity index (χ4n) is 2.34. The SMILES string of the molecule is CC(=O)Nc1ccc(S(=O)(=O)NC2CNCCC2C)cc1.Cl. The van der Waals surface area contributed by atoms with Crippen LogP contribution in [0.25, 0.3) is 0 Å². The quantitative estimate of drug-likeness (QED) is 0.767. The summed E-state index contributed by atoms with van der Waals surface area (Å²) in [5, 5.41) is 5.80. The minimum Gasteiger partial charge on any atom is -0.326 e. The molecule has 1 aromatic rings. The summed E-state index contributed by atoms with van der Waals surface area (Å²) in [6.07, 6.45) is 0.953. The summed E-state index contributed by atoms with van der Waals surface area (Å²) in [7, 11) is -3.54. The number of rotatable bonds is 4. The molecule has 1 saturated heterocycles. The van der Waals surface area contributed by atoms with Crippen LogP contribution in [0, 0.1) is 5.92 Å². The number of benzene rings is 1. The summed E-state index contributed by atoms with van der Waals surface area (Å²) in [6, 6.07) is 6.05. The molecular formula is C14H22ClN3O3S. The molecule has 0 radical (unpaired) electrons. The van der Waals surface area contributed by atoms with E-state index in [4.69, 9.17) is 0 Å². The van der Waals surface area contributed by atoms with Gasteiger partial charge in [-0.2, -0.15) is 0 Å². The highest BCUT2D eigenvalue weighted by molar-refractivity contribution is 7.89. The summed E-state index contributed by atoms with van der Waals surface area (Å²) in [5.74, 6) is 0.116. The lowest BCUT2D eigenvalue weighted by molar-refractivity contribution is -0.114. The van der Waals surface area contributed by atoms with Gasteiger partial charge in [0.1, 0.15) is 0 Å². The highest BCUT2D eigenvalue weighted by atomic mass is 35.5. The predicted molar refractivity (Wildman–Crippen MR) is 88.8 cm³/mol. The van der Waals surface area contributed by atoms with Crippen LogP contribution in [0.2, 0.25) is 0 Å². The van der Waals surface area contributed by atoms with Gasteiger partial charge >= 0.3 is 0 Å². The van der Waals surface area contributed by atoms with Crippen LogP contribution in [0.4, 0.5) is 5.69 Å². The van der Waals surface area contributed by atoms with Gasteiger partial charge in [-0.05, 0) is 43.1 Å². The van der Waals surface area contributed by atoms with Crippen LogP contribution in [0.5, 0.6) is 0 Å². The van der Waals surface area contributed by atoms with Gasteiger partial charge in [0, 0.05) is 25.2 Å². The summed E-state index contributed by atoms with van der Waals surface area (Å²) >= 11 is 0. The van der Waals surface area contributed by atoms with Gasteiger partial charge in [-0.3, -0.25) is 4.79 Å². The number of nitrogens with one attached hydrogen (secondary N) is 3. The van der Waals surface area contributed by atoms with Crippen LogP contribution in [-0.2, 0) is 14.8 Å². The molecule has 22 heavy (non-hydrogen) atoms. The first-order valence-corrected chi connectivity index (χ1v) is 8.47. The van der Waals surface area contributed by atoms with E-state index in [1.54, 1.807) is 12.1 Å². The number of sulfonamides is 1. The molecule has 2 rings (SSSR count). The van der Waals surface area contributed by atoms with Crippen molar-refractivity contribution in [2.45, 2.75) is 31.2 Å². The van der Waals surface area contributed by atoms with E-state index >= 15 is 0 Å². The molecular weight excluding hydrogens is 326 g/mol. The highest BCUT2D eigenvalue weighted by Crippen LogP contribution is 2.17. The van der Waals surface area contributed by atoms with E-state index in [0.717, 1.165) is 13.0 Å². The van der Waals surface area contributed by atoms with Gasteiger partial charge in [0.2, 0.25) is 15.9 Å². The zero-order valence-electron chi connectivity index (χ0n) is 12.6. The standard InChI is InChI=1S/C14H21N3O3S.ClH/c1-10-7-8-15-9-14(10)17-21(19,20)13-5-3-12(4-6-13)16-11(2)18;/h3-6,10,14-15,17H,7-9H2,1-2H3,(H,16,18);1H. The molecule has 8 heteroatoms. The topological polar surface area (TPSA) is 87.3 Å². The number of anilines is 1. The smallest absolute Gasteiger partial charge is 0.240 e. The lowest BCUT2D eigenvalue weighted by Gasteiger charge is -2.29. The number of piperidine rings is 1. The van der Waals surface area contributed by atoms with Crippen molar-refractivity contribution < 1.29 is 13.2 Å². The second-order valence-corrected chi connectivity index (χ2v) is 7.12. The summed E-state index contributed by atoms with van der Waals surface area (Å²) in [5.41, 5.74) is 0.578. The second kappa shape index (κ2) is 7.92. The molecule has 124 valence electrons. The van der Waals surface area contributed by atoms with Crippen molar-refractivity contribution in [1.29, 1.82) is 0 Å². The van der Waals surface area contributed by atoms with Crippen LogP contribution < -0.4 is 15.4 Å². The van der Waals surface area contributed by atoms with E-state index in [0.29, 0.717) is 18.2 Å². The molecule has 0 aliphatic carbocycles. The van der Waals surface area contributed by atoms with Crippen molar-refractivity contribution >= 4 is 34.0 Å². The number of hydrogen-bond acceptors (Lipinski definition) is 4. The van der Waals surface area contributed by atoms with Crippen LogP contribution in [-0.4, -0.2) is 33.5 Å². The Labute approximate surface area is 137 Å². The first-order chi connectivity index (χ1) is 9.88. The van der Waals surface area contributed by atoms with Crippen molar-refractivity contribution in [3.63, 3.8) is 0 Å². The number of carbonyl (C=O) groups excluding carboxylic acids is 1. The monoisotopic (exact) mass is 347 g/mol. The maximum Gasteiger partial charge on any atom is 0.240 e. The Kier molecular flexibility index (Phi) is 6.80. The molecule has 0 spiro atoms. The number of hydrogen-bond donors (Lipinski definition) is 3. The fraction of sp³-hybridized carbons (Fsp3) is 0.500. The third-order valence-corrected chi connectivity index (χ3v) is 5.12. The van der Waals surface area contributed by atoms with E-state index in [1.165, 1.54) is 19.1 Å². The number of amides is 1. The minimum absolute atomic E-state index is 0. The molecule has 2 atom stereocenters. The highest BCUT2D eigenvalue weighted by Gasteiger charge is 2.26. The van der Waals surface area contributed by atoms with E-state index in [-0.39, 0.29) is 29.3 Å². The van der Waals surface area contributed by atoms with Crippen molar-refractivity contribution in [3.05, 3.63) is 24.3 Å². The summed E-state index contributed by atoms with van der Waals surface area (Å²) in [4.78, 5) is 11.1. The fourth-order valence-corrected chi connectivity index (χ4v) is 3.68. The molecule has 1 fully saturated rings. The first kappa shape index (κ1) is 18.9. The average molecular weight is 348 g/mol.